The third-order valence-electron chi connectivity index (χ3n) is 5.90. The van der Waals surface area contributed by atoms with Crippen LogP contribution in [0.15, 0.2) is 48.5 Å². The Morgan fingerprint density at radius 3 is 2.47 bits per heavy atom. The number of anilines is 1. The summed E-state index contributed by atoms with van der Waals surface area (Å²) in [5.74, 6) is -1.13. The zero-order valence-corrected chi connectivity index (χ0v) is 18.9. The van der Waals surface area contributed by atoms with E-state index in [0.717, 1.165) is 0 Å². The van der Waals surface area contributed by atoms with Crippen LogP contribution in [0.3, 0.4) is 0 Å². The molecule has 2 saturated heterocycles. The Morgan fingerprint density at radius 1 is 1.03 bits per heavy atom. The molecule has 1 atom stereocenters. The van der Waals surface area contributed by atoms with Crippen molar-refractivity contribution in [3.63, 3.8) is 0 Å². The van der Waals surface area contributed by atoms with Crippen LogP contribution >= 0.6 is 11.6 Å². The van der Waals surface area contributed by atoms with E-state index in [9.17, 15) is 22.4 Å². The Labute approximate surface area is 191 Å². The molecule has 0 aromatic heterocycles. The van der Waals surface area contributed by atoms with Gasteiger partial charge >= 0.3 is 6.03 Å². The van der Waals surface area contributed by atoms with Crippen molar-refractivity contribution in [2.75, 3.05) is 43.4 Å². The average Bonchev–Trinajstić information content (AvgIpc) is 3.03. The van der Waals surface area contributed by atoms with Gasteiger partial charge in [0.2, 0.25) is 5.91 Å². The number of halogens is 2. The van der Waals surface area contributed by atoms with Gasteiger partial charge in [0, 0.05) is 42.5 Å². The average molecular weight is 480 g/mol. The molecule has 1 unspecified atom stereocenters. The molecule has 0 radical (unpaired) electrons. The monoisotopic (exact) mass is 479 g/mol. The van der Waals surface area contributed by atoms with Gasteiger partial charge in [0.05, 0.1) is 11.0 Å². The fraction of sp³-hybridized carbons (Fsp3) is 0.364. The lowest BCUT2D eigenvalue weighted by atomic mass is 10.1. The molecule has 4 rings (SSSR count). The van der Waals surface area contributed by atoms with Gasteiger partial charge in [0.1, 0.15) is 12.4 Å². The lowest BCUT2D eigenvalue weighted by Gasteiger charge is -2.24. The summed E-state index contributed by atoms with van der Waals surface area (Å²) in [5, 5.41) is -0.424. The fourth-order valence-electron chi connectivity index (χ4n) is 4.13. The molecule has 0 bridgehead atoms. The van der Waals surface area contributed by atoms with Gasteiger partial charge < -0.3 is 9.80 Å². The summed E-state index contributed by atoms with van der Waals surface area (Å²) in [6.07, 6.45) is 0.111. The predicted molar refractivity (Wildman–Crippen MR) is 120 cm³/mol. The number of rotatable bonds is 4. The van der Waals surface area contributed by atoms with Gasteiger partial charge in [-0.3, -0.25) is 9.69 Å². The highest BCUT2D eigenvalue weighted by Crippen LogP contribution is 2.31. The molecule has 2 heterocycles. The second-order valence-corrected chi connectivity index (χ2v) is 10.6. The fourth-order valence-corrected chi connectivity index (χ4v) is 6.06. The van der Waals surface area contributed by atoms with Gasteiger partial charge in [-0.15, -0.1) is 0 Å². The van der Waals surface area contributed by atoms with E-state index < -0.39 is 20.9 Å². The van der Waals surface area contributed by atoms with Crippen molar-refractivity contribution in [3.8, 4) is 0 Å². The molecule has 2 fully saturated rings. The second-order valence-electron chi connectivity index (χ2n) is 7.88. The normalized spacial score (nSPS) is 21.0. The zero-order chi connectivity index (χ0) is 22.9. The summed E-state index contributed by atoms with van der Waals surface area (Å²) in [7, 11) is -3.62. The summed E-state index contributed by atoms with van der Waals surface area (Å²) in [6, 6.07) is 12.4. The van der Waals surface area contributed by atoms with Crippen molar-refractivity contribution in [2.45, 2.75) is 11.7 Å². The standard InChI is InChI=1S/C22H23ClFN3O4S/c23-16-5-7-17(8-6-16)27-12-11-26(22(27)29)15-21(28)25-10-9-20(32(30,31)14-13-25)18-3-1-2-4-19(18)24/h1-8,20H,9-15H2. The first-order chi connectivity index (χ1) is 15.3. The summed E-state index contributed by atoms with van der Waals surface area (Å²) in [6.45, 7) is 0.900. The summed E-state index contributed by atoms with van der Waals surface area (Å²) in [5.41, 5.74) is 0.832. The van der Waals surface area contributed by atoms with Gasteiger partial charge in [-0.2, -0.15) is 0 Å². The van der Waals surface area contributed by atoms with E-state index in [1.165, 1.54) is 28.0 Å². The molecule has 10 heteroatoms. The lowest BCUT2D eigenvalue weighted by molar-refractivity contribution is -0.131. The highest BCUT2D eigenvalue weighted by atomic mass is 35.5. The molecule has 7 nitrogen and oxygen atoms in total. The molecule has 0 N–H and O–H groups in total. The second kappa shape index (κ2) is 9.07. The molecular formula is C22H23ClFN3O4S. The Balaban J connectivity index is 1.42. The Hall–Kier alpha value is -2.65. The maximum absolute atomic E-state index is 14.2. The maximum atomic E-state index is 14.2. The van der Waals surface area contributed by atoms with E-state index in [2.05, 4.69) is 0 Å². The van der Waals surface area contributed by atoms with E-state index >= 15 is 0 Å². The molecule has 2 aliphatic rings. The molecule has 2 aliphatic heterocycles. The van der Waals surface area contributed by atoms with Gasteiger partial charge in [0.15, 0.2) is 9.84 Å². The zero-order valence-electron chi connectivity index (χ0n) is 17.3. The van der Waals surface area contributed by atoms with Crippen LogP contribution in [-0.4, -0.2) is 68.6 Å². The van der Waals surface area contributed by atoms with Gasteiger partial charge in [-0.25, -0.2) is 17.6 Å². The van der Waals surface area contributed by atoms with E-state index in [1.54, 1.807) is 35.2 Å². The van der Waals surface area contributed by atoms with E-state index in [4.69, 9.17) is 11.6 Å². The van der Waals surface area contributed by atoms with E-state index in [-0.39, 0.29) is 49.3 Å². The summed E-state index contributed by atoms with van der Waals surface area (Å²) >= 11 is 5.90. The minimum atomic E-state index is -3.62. The molecule has 0 saturated carbocycles. The number of carbonyl (C=O) groups excluding carboxylic acids is 2. The summed E-state index contributed by atoms with van der Waals surface area (Å²) < 4.78 is 39.7. The highest BCUT2D eigenvalue weighted by Gasteiger charge is 2.36. The highest BCUT2D eigenvalue weighted by molar-refractivity contribution is 7.91. The number of nitrogens with zero attached hydrogens (tertiary/aromatic N) is 3. The number of benzene rings is 2. The van der Waals surface area contributed by atoms with Crippen LogP contribution in [0.4, 0.5) is 14.9 Å². The van der Waals surface area contributed by atoms with Crippen molar-refractivity contribution in [3.05, 3.63) is 64.9 Å². The molecule has 32 heavy (non-hydrogen) atoms. The van der Waals surface area contributed by atoms with Crippen molar-refractivity contribution < 1.29 is 22.4 Å². The topological polar surface area (TPSA) is 78.0 Å². The first-order valence-electron chi connectivity index (χ1n) is 10.3. The van der Waals surface area contributed by atoms with Crippen LogP contribution in [0.2, 0.25) is 5.02 Å². The molecule has 170 valence electrons. The lowest BCUT2D eigenvalue weighted by Crippen LogP contribution is -2.43. The molecule has 3 amide bonds. The Kier molecular flexibility index (Phi) is 6.39. The van der Waals surface area contributed by atoms with Gasteiger partial charge in [0.25, 0.3) is 0 Å². The first kappa shape index (κ1) is 22.5. The van der Waals surface area contributed by atoms with Crippen LogP contribution in [-0.2, 0) is 14.6 Å². The molecule has 0 spiro atoms. The van der Waals surface area contributed by atoms with Crippen LogP contribution < -0.4 is 4.90 Å². The number of hydrogen-bond donors (Lipinski definition) is 0. The maximum Gasteiger partial charge on any atom is 0.325 e. The number of amides is 3. The molecule has 2 aromatic rings. The van der Waals surface area contributed by atoms with Crippen LogP contribution in [0.5, 0.6) is 0 Å². The number of sulfone groups is 1. The van der Waals surface area contributed by atoms with Crippen molar-refractivity contribution in [1.29, 1.82) is 0 Å². The van der Waals surface area contributed by atoms with Crippen molar-refractivity contribution in [2.24, 2.45) is 0 Å². The SMILES string of the molecule is O=C(CN1CCN(c2ccc(Cl)cc2)C1=O)N1CCC(c2ccccc2F)S(=O)(=O)CC1. The predicted octanol–water partition coefficient (Wildman–Crippen LogP) is 3.11. The third-order valence-corrected chi connectivity index (χ3v) is 8.26. The smallest absolute Gasteiger partial charge is 0.325 e. The molecule has 0 aliphatic carbocycles. The Morgan fingerprint density at radius 2 is 1.75 bits per heavy atom. The van der Waals surface area contributed by atoms with Crippen molar-refractivity contribution >= 4 is 39.1 Å². The largest absolute Gasteiger partial charge is 0.340 e. The third kappa shape index (κ3) is 4.59. The van der Waals surface area contributed by atoms with Gasteiger partial charge in [-0.05, 0) is 36.8 Å². The van der Waals surface area contributed by atoms with Crippen LogP contribution in [0.25, 0.3) is 0 Å². The quantitative estimate of drug-likeness (QED) is 0.675. The Bertz CT molecular complexity index is 1130. The van der Waals surface area contributed by atoms with Crippen LogP contribution in [0.1, 0.15) is 17.2 Å². The number of carbonyl (C=O) groups is 2. The van der Waals surface area contributed by atoms with Gasteiger partial charge in [-0.1, -0.05) is 29.8 Å². The summed E-state index contributed by atoms with van der Waals surface area (Å²) in [4.78, 5) is 30.1. The number of urea groups is 1. The first-order valence-corrected chi connectivity index (χ1v) is 12.4. The minimum absolute atomic E-state index is 0.0229. The van der Waals surface area contributed by atoms with E-state index in [0.29, 0.717) is 23.8 Å². The van der Waals surface area contributed by atoms with Crippen molar-refractivity contribution in [1.82, 2.24) is 9.80 Å². The minimum Gasteiger partial charge on any atom is -0.340 e. The number of hydrogen-bond acceptors (Lipinski definition) is 4. The van der Waals surface area contributed by atoms with Crippen LogP contribution in [0, 0.1) is 5.82 Å². The van der Waals surface area contributed by atoms with E-state index in [1.807, 2.05) is 0 Å². The molecule has 2 aromatic carbocycles. The molecular weight excluding hydrogens is 457 g/mol.